The smallest absolute Gasteiger partial charge is 0.254 e. The number of benzene rings is 2. The maximum atomic E-state index is 13.0. The quantitative estimate of drug-likeness (QED) is 0.802. The van der Waals surface area contributed by atoms with Crippen LogP contribution in [-0.4, -0.2) is 48.7 Å². The fourth-order valence-electron chi connectivity index (χ4n) is 4.13. The van der Waals surface area contributed by atoms with Crippen molar-refractivity contribution in [2.75, 3.05) is 33.0 Å². The Kier molecular flexibility index (Phi) is 3.41. The van der Waals surface area contributed by atoms with Crippen LogP contribution < -0.4 is 9.47 Å². The molecule has 1 atom stereocenters. The van der Waals surface area contributed by atoms with Gasteiger partial charge in [-0.25, -0.2) is 0 Å². The van der Waals surface area contributed by atoms with E-state index in [0.29, 0.717) is 23.1 Å². The van der Waals surface area contributed by atoms with Crippen molar-refractivity contribution in [2.24, 2.45) is 0 Å². The van der Waals surface area contributed by atoms with E-state index in [1.165, 1.54) is 11.1 Å². The van der Waals surface area contributed by atoms with Gasteiger partial charge in [0, 0.05) is 31.7 Å². The predicted molar refractivity (Wildman–Crippen MR) is 92.9 cm³/mol. The zero-order valence-corrected chi connectivity index (χ0v) is 14.0. The lowest BCUT2D eigenvalue weighted by Crippen LogP contribution is -2.52. The van der Waals surface area contributed by atoms with E-state index < -0.39 is 0 Å². The average Bonchev–Trinajstić information content (AvgIpc) is 3.14. The maximum absolute atomic E-state index is 13.0. The second-order valence-corrected chi connectivity index (χ2v) is 6.82. The van der Waals surface area contributed by atoms with E-state index in [4.69, 9.17) is 9.47 Å². The Labute approximate surface area is 146 Å². The molecular formula is C20H20N2O3. The summed E-state index contributed by atoms with van der Waals surface area (Å²) in [5.41, 5.74) is 3.46. The summed E-state index contributed by atoms with van der Waals surface area (Å²) >= 11 is 0. The summed E-state index contributed by atoms with van der Waals surface area (Å²) in [5.74, 6) is 1.44. The number of carbonyl (C=O) groups is 1. The minimum Gasteiger partial charge on any atom is -0.454 e. The van der Waals surface area contributed by atoms with Crippen LogP contribution in [0.3, 0.4) is 0 Å². The molecule has 1 saturated heterocycles. The fraction of sp³-hybridized carbons (Fsp3) is 0.350. The number of piperazine rings is 1. The molecule has 0 aromatic heterocycles. The molecule has 5 heteroatoms. The van der Waals surface area contributed by atoms with Crippen LogP contribution in [0.4, 0.5) is 0 Å². The van der Waals surface area contributed by atoms with Gasteiger partial charge < -0.3 is 14.4 Å². The maximum Gasteiger partial charge on any atom is 0.254 e. The summed E-state index contributed by atoms with van der Waals surface area (Å²) in [4.78, 5) is 17.5. The number of hydrogen-bond donors (Lipinski definition) is 0. The van der Waals surface area contributed by atoms with E-state index in [0.717, 1.165) is 32.6 Å². The summed E-state index contributed by atoms with van der Waals surface area (Å²) < 4.78 is 10.7. The molecular weight excluding hydrogens is 316 g/mol. The van der Waals surface area contributed by atoms with Crippen molar-refractivity contribution >= 4 is 5.91 Å². The van der Waals surface area contributed by atoms with Crippen LogP contribution in [0.5, 0.6) is 11.5 Å². The molecule has 1 fully saturated rings. The van der Waals surface area contributed by atoms with Crippen molar-refractivity contribution in [1.29, 1.82) is 0 Å². The number of rotatable bonds is 1. The Balaban J connectivity index is 1.40. The number of amides is 1. The van der Waals surface area contributed by atoms with E-state index in [1.807, 2.05) is 17.0 Å². The first kappa shape index (κ1) is 14.8. The second-order valence-electron chi connectivity index (χ2n) is 6.82. The summed E-state index contributed by atoms with van der Waals surface area (Å²) in [6.45, 7) is 3.74. The molecule has 1 unspecified atom stereocenters. The van der Waals surface area contributed by atoms with Gasteiger partial charge in [0.15, 0.2) is 11.5 Å². The predicted octanol–water partition coefficient (Wildman–Crippen LogP) is 2.47. The minimum absolute atomic E-state index is 0.0704. The van der Waals surface area contributed by atoms with Gasteiger partial charge in [0.05, 0.1) is 6.04 Å². The van der Waals surface area contributed by atoms with Crippen LogP contribution in [0.25, 0.3) is 0 Å². The molecule has 128 valence electrons. The van der Waals surface area contributed by atoms with Crippen molar-refractivity contribution in [3.8, 4) is 11.5 Å². The summed E-state index contributed by atoms with van der Waals surface area (Å²) in [5, 5.41) is 0. The number of nitrogens with zero attached hydrogens (tertiary/aromatic N) is 2. The molecule has 0 N–H and O–H groups in total. The standard InChI is InChI=1S/C20H20N2O3/c23-20(15-5-6-18-19(11-15)25-13-24-18)22-10-9-21-8-7-14-3-1-2-4-16(14)17(21)12-22/h1-6,11,17H,7-10,12-13H2. The summed E-state index contributed by atoms with van der Waals surface area (Å²) in [6.07, 6.45) is 1.10. The van der Waals surface area contributed by atoms with Gasteiger partial charge in [-0.15, -0.1) is 0 Å². The monoisotopic (exact) mass is 336 g/mol. The number of fused-ring (bicyclic) bond motifs is 4. The van der Waals surface area contributed by atoms with Crippen LogP contribution in [0.1, 0.15) is 27.5 Å². The summed E-state index contributed by atoms with van der Waals surface area (Å²) in [6, 6.07) is 14.4. The third kappa shape index (κ3) is 2.46. The zero-order chi connectivity index (χ0) is 16.8. The van der Waals surface area contributed by atoms with Gasteiger partial charge in [-0.05, 0) is 35.7 Å². The van der Waals surface area contributed by atoms with Crippen molar-refractivity contribution < 1.29 is 14.3 Å². The van der Waals surface area contributed by atoms with Gasteiger partial charge in [0.1, 0.15) is 0 Å². The number of carbonyl (C=O) groups excluding carboxylic acids is 1. The number of ether oxygens (including phenoxy) is 2. The number of hydrogen-bond acceptors (Lipinski definition) is 4. The molecule has 0 spiro atoms. The third-order valence-electron chi connectivity index (χ3n) is 5.48. The first-order valence-electron chi connectivity index (χ1n) is 8.80. The van der Waals surface area contributed by atoms with Gasteiger partial charge in [0.2, 0.25) is 6.79 Å². The minimum atomic E-state index is 0.0704. The van der Waals surface area contributed by atoms with Gasteiger partial charge in [0.25, 0.3) is 5.91 Å². The Morgan fingerprint density at radius 1 is 1.00 bits per heavy atom. The van der Waals surface area contributed by atoms with Gasteiger partial charge in [-0.3, -0.25) is 9.69 Å². The Hall–Kier alpha value is -2.53. The molecule has 2 aromatic carbocycles. The molecule has 0 radical (unpaired) electrons. The summed E-state index contributed by atoms with van der Waals surface area (Å²) in [7, 11) is 0. The molecule has 5 rings (SSSR count). The van der Waals surface area contributed by atoms with Crippen LogP contribution in [-0.2, 0) is 6.42 Å². The Morgan fingerprint density at radius 3 is 2.84 bits per heavy atom. The highest BCUT2D eigenvalue weighted by atomic mass is 16.7. The van der Waals surface area contributed by atoms with E-state index >= 15 is 0 Å². The van der Waals surface area contributed by atoms with E-state index in [1.54, 1.807) is 6.07 Å². The molecule has 2 aromatic rings. The zero-order valence-electron chi connectivity index (χ0n) is 14.0. The first-order chi connectivity index (χ1) is 12.3. The van der Waals surface area contributed by atoms with Crippen molar-refractivity contribution in [1.82, 2.24) is 9.80 Å². The van der Waals surface area contributed by atoms with Crippen molar-refractivity contribution in [3.63, 3.8) is 0 Å². The van der Waals surface area contributed by atoms with Crippen LogP contribution in [0.15, 0.2) is 42.5 Å². The highest BCUT2D eigenvalue weighted by Crippen LogP contribution is 2.35. The normalized spacial score (nSPS) is 21.6. The first-order valence-corrected chi connectivity index (χ1v) is 8.80. The molecule has 3 aliphatic rings. The van der Waals surface area contributed by atoms with Crippen LogP contribution in [0, 0.1) is 0 Å². The van der Waals surface area contributed by atoms with Crippen molar-refractivity contribution in [3.05, 3.63) is 59.2 Å². The molecule has 0 bridgehead atoms. The lowest BCUT2D eigenvalue weighted by atomic mass is 9.91. The molecule has 3 aliphatic heterocycles. The average molecular weight is 336 g/mol. The van der Waals surface area contributed by atoms with Gasteiger partial charge >= 0.3 is 0 Å². The fourth-order valence-corrected chi connectivity index (χ4v) is 4.13. The van der Waals surface area contributed by atoms with Gasteiger partial charge in [-0.2, -0.15) is 0 Å². The molecule has 25 heavy (non-hydrogen) atoms. The SMILES string of the molecule is O=C(c1ccc2c(c1)OCO2)N1CCN2CCc3ccccc3C2C1. The molecule has 0 aliphatic carbocycles. The lowest BCUT2D eigenvalue weighted by molar-refractivity contribution is 0.0453. The highest BCUT2D eigenvalue weighted by Gasteiger charge is 2.34. The molecule has 3 heterocycles. The lowest BCUT2D eigenvalue weighted by Gasteiger charge is -2.44. The Bertz CT molecular complexity index is 835. The van der Waals surface area contributed by atoms with E-state index in [-0.39, 0.29) is 12.7 Å². The highest BCUT2D eigenvalue weighted by molar-refractivity contribution is 5.95. The third-order valence-corrected chi connectivity index (χ3v) is 5.48. The van der Waals surface area contributed by atoms with E-state index in [2.05, 4.69) is 29.2 Å². The topological polar surface area (TPSA) is 42.0 Å². The van der Waals surface area contributed by atoms with Crippen molar-refractivity contribution in [2.45, 2.75) is 12.5 Å². The van der Waals surface area contributed by atoms with Crippen LogP contribution >= 0.6 is 0 Å². The molecule has 5 nitrogen and oxygen atoms in total. The molecule has 0 saturated carbocycles. The largest absolute Gasteiger partial charge is 0.454 e. The van der Waals surface area contributed by atoms with E-state index in [9.17, 15) is 4.79 Å². The second kappa shape index (κ2) is 5.77. The van der Waals surface area contributed by atoms with Gasteiger partial charge in [-0.1, -0.05) is 24.3 Å². The Morgan fingerprint density at radius 2 is 1.88 bits per heavy atom. The van der Waals surface area contributed by atoms with Crippen LogP contribution in [0.2, 0.25) is 0 Å². The molecule has 1 amide bonds.